The molecule has 3 heteroatoms. The molecule has 0 fully saturated rings. The van der Waals surface area contributed by atoms with E-state index in [1.54, 1.807) is 0 Å². The molecule has 2 heterocycles. The number of aromatic nitrogens is 1. The first kappa shape index (κ1) is 13.1. The van der Waals surface area contributed by atoms with E-state index in [-0.39, 0.29) is 11.6 Å². The van der Waals surface area contributed by atoms with Gasteiger partial charge in [0.25, 0.3) is 0 Å². The van der Waals surface area contributed by atoms with Crippen molar-refractivity contribution in [2.24, 2.45) is 0 Å². The Hall–Kier alpha value is -1.87. The summed E-state index contributed by atoms with van der Waals surface area (Å²) in [5.41, 5.74) is 3.49. The van der Waals surface area contributed by atoms with E-state index in [1.165, 1.54) is 16.7 Å². The molecule has 0 aliphatic carbocycles. The average molecular weight is 268 g/mol. The number of hydrogen-bond donors (Lipinski definition) is 1. The zero-order chi connectivity index (χ0) is 14.2. The number of aryl methyl sites for hydroxylation is 1. The Morgan fingerprint density at radius 3 is 2.85 bits per heavy atom. The smallest absolute Gasteiger partial charge is 0.125 e. The SMILES string of the molecule is Cc1ccncc1CNC1c2ccccc2OC1(C)C. The molecule has 0 saturated carbocycles. The number of pyridine rings is 1. The lowest BCUT2D eigenvalue weighted by atomic mass is 9.94. The Morgan fingerprint density at radius 1 is 1.25 bits per heavy atom. The van der Waals surface area contributed by atoms with Gasteiger partial charge in [0.05, 0.1) is 6.04 Å². The second-order valence-corrected chi connectivity index (χ2v) is 5.86. The summed E-state index contributed by atoms with van der Waals surface area (Å²) < 4.78 is 6.05. The summed E-state index contributed by atoms with van der Waals surface area (Å²) in [4.78, 5) is 4.20. The molecule has 1 aliphatic heterocycles. The molecule has 3 nitrogen and oxygen atoms in total. The quantitative estimate of drug-likeness (QED) is 0.926. The van der Waals surface area contributed by atoms with E-state index in [1.807, 2.05) is 30.6 Å². The van der Waals surface area contributed by atoms with E-state index < -0.39 is 0 Å². The molecule has 0 spiro atoms. The highest BCUT2D eigenvalue weighted by molar-refractivity contribution is 5.42. The fourth-order valence-electron chi connectivity index (χ4n) is 2.78. The van der Waals surface area contributed by atoms with Crippen molar-refractivity contribution in [3.05, 3.63) is 59.4 Å². The van der Waals surface area contributed by atoms with Crippen molar-refractivity contribution in [1.82, 2.24) is 10.3 Å². The van der Waals surface area contributed by atoms with Gasteiger partial charge in [-0.3, -0.25) is 4.98 Å². The van der Waals surface area contributed by atoms with Crippen molar-refractivity contribution in [3.63, 3.8) is 0 Å². The highest BCUT2D eigenvalue weighted by Crippen LogP contribution is 2.42. The highest BCUT2D eigenvalue weighted by Gasteiger charge is 2.40. The standard InChI is InChI=1S/C17H20N2O/c1-12-8-9-18-10-13(12)11-19-16-14-6-4-5-7-15(14)20-17(16,2)3/h4-10,16,19H,11H2,1-3H3. The number of ether oxygens (including phenoxy) is 1. The highest BCUT2D eigenvalue weighted by atomic mass is 16.5. The van der Waals surface area contributed by atoms with Crippen molar-refractivity contribution < 1.29 is 4.74 Å². The third kappa shape index (κ3) is 2.29. The maximum Gasteiger partial charge on any atom is 0.125 e. The summed E-state index contributed by atoms with van der Waals surface area (Å²) in [7, 11) is 0. The van der Waals surface area contributed by atoms with Gasteiger partial charge in [-0.05, 0) is 44.0 Å². The molecule has 1 aromatic heterocycles. The molecule has 2 aromatic rings. The Labute approximate surface area is 120 Å². The summed E-state index contributed by atoms with van der Waals surface area (Å²) in [6.07, 6.45) is 3.76. The van der Waals surface area contributed by atoms with Crippen molar-refractivity contribution in [3.8, 4) is 5.75 Å². The molecule has 1 unspecified atom stereocenters. The van der Waals surface area contributed by atoms with Gasteiger partial charge in [0.1, 0.15) is 11.4 Å². The van der Waals surface area contributed by atoms with E-state index in [0.29, 0.717) is 0 Å². The fraction of sp³-hybridized carbons (Fsp3) is 0.353. The van der Waals surface area contributed by atoms with Crippen molar-refractivity contribution >= 4 is 0 Å². The summed E-state index contributed by atoms with van der Waals surface area (Å²) in [6, 6.07) is 10.5. The molecule has 0 bridgehead atoms. The number of rotatable bonds is 3. The molecule has 0 amide bonds. The second-order valence-electron chi connectivity index (χ2n) is 5.86. The first-order valence-electron chi connectivity index (χ1n) is 6.99. The minimum atomic E-state index is -0.236. The van der Waals surface area contributed by atoms with Crippen LogP contribution in [0.2, 0.25) is 0 Å². The first-order valence-corrected chi connectivity index (χ1v) is 6.99. The van der Waals surface area contributed by atoms with E-state index in [4.69, 9.17) is 4.74 Å². The van der Waals surface area contributed by atoms with Crippen LogP contribution >= 0.6 is 0 Å². The maximum absolute atomic E-state index is 6.05. The van der Waals surface area contributed by atoms with Crippen LogP contribution in [-0.2, 0) is 6.54 Å². The largest absolute Gasteiger partial charge is 0.486 e. The summed E-state index contributed by atoms with van der Waals surface area (Å²) >= 11 is 0. The number of hydrogen-bond acceptors (Lipinski definition) is 3. The molecule has 1 aromatic carbocycles. The molecular formula is C17H20N2O. The van der Waals surface area contributed by atoms with Crippen molar-refractivity contribution in [2.75, 3.05) is 0 Å². The minimum Gasteiger partial charge on any atom is -0.486 e. The van der Waals surface area contributed by atoms with Crippen molar-refractivity contribution in [1.29, 1.82) is 0 Å². The molecular weight excluding hydrogens is 248 g/mol. The van der Waals surface area contributed by atoms with Gasteiger partial charge < -0.3 is 10.1 Å². The van der Waals surface area contributed by atoms with Crippen LogP contribution in [0.5, 0.6) is 5.75 Å². The number of fused-ring (bicyclic) bond motifs is 1. The van der Waals surface area contributed by atoms with Crippen LogP contribution in [0.15, 0.2) is 42.7 Å². The number of benzene rings is 1. The molecule has 1 aliphatic rings. The zero-order valence-electron chi connectivity index (χ0n) is 12.2. The van der Waals surface area contributed by atoms with E-state index in [0.717, 1.165) is 12.3 Å². The van der Waals surface area contributed by atoms with E-state index in [2.05, 4.69) is 43.2 Å². The Kier molecular flexibility index (Phi) is 3.22. The third-order valence-electron chi connectivity index (χ3n) is 3.94. The lowest BCUT2D eigenvalue weighted by Gasteiger charge is -2.27. The molecule has 20 heavy (non-hydrogen) atoms. The van der Waals surface area contributed by atoms with Crippen LogP contribution in [0, 0.1) is 6.92 Å². The summed E-state index contributed by atoms with van der Waals surface area (Å²) in [5.74, 6) is 0.984. The average Bonchev–Trinajstić information content (AvgIpc) is 2.68. The topological polar surface area (TPSA) is 34.2 Å². The van der Waals surface area contributed by atoms with Gasteiger partial charge in [-0.25, -0.2) is 0 Å². The first-order chi connectivity index (χ1) is 9.58. The lowest BCUT2D eigenvalue weighted by Crippen LogP contribution is -2.38. The number of nitrogens with zero attached hydrogens (tertiary/aromatic N) is 1. The van der Waals surface area contributed by atoms with E-state index in [9.17, 15) is 0 Å². The third-order valence-corrected chi connectivity index (χ3v) is 3.94. The van der Waals surface area contributed by atoms with Crippen LogP contribution in [0.3, 0.4) is 0 Å². The van der Waals surface area contributed by atoms with Crippen LogP contribution in [0.4, 0.5) is 0 Å². The minimum absolute atomic E-state index is 0.193. The fourth-order valence-corrected chi connectivity index (χ4v) is 2.78. The van der Waals surface area contributed by atoms with Gasteiger partial charge in [-0.1, -0.05) is 18.2 Å². The van der Waals surface area contributed by atoms with Crippen LogP contribution in [0.1, 0.15) is 36.6 Å². The Balaban J connectivity index is 1.82. The molecule has 1 atom stereocenters. The number of para-hydroxylation sites is 1. The maximum atomic E-state index is 6.05. The Morgan fingerprint density at radius 2 is 2.05 bits per heavy atom. The van der Waals surface area contributed by atoms with Crippen molar-refractivity contribution in [2.45, 2.75) is 39.0 Å². The van der Waals surface area contributed by atoms with Gasteiger partial charge in [0.2, 0.25) is 0 Å². The van der Waals surface area contributed by atoms with E-state index >= 15 is 0 Å². The second kappa shape index (κ2) is 4.91. The molecule has 3 rings (SSSR count). The van der Waals surface area contributed by atoms with Gasteiger partial charge in [0.15, 0.2) is 0 Å². The lowest BCUT2D eigenvalue weighted by molar-refractivity contribution is 0.0957. The molecule has 0 radical (unpaired) electrons. The molecule has 104 valence electrons. The summed E-state index contributed by atoms with van der Waals surface area (Å²) in [6.45, 7) is 7.16. The van der Waals surface area contributed by atoms with Gasteiger partial charge in [-0.15, -0.1) is 0 Å². The van der Waals surface area contributed by atoms with Gasteiger partial charge >= 0.3 is 0 Å². The van der Waals surface area contributed by atoms with Gasteiger partial charge in [-0.2, -0.15) is 0 Å². The molecule has 0 saturated heterocycles. The normalized spacial score (nSPS) is 19.4. The van der Waals surface area contributed by atoms with Crippen LogP contribution < -0.4 is 10.1 Å². The Bertz CT molecular complexity index is 622. The van der Waals surface area contributed by atoms with Crippen LogP contribution in [0.25, 0.3) is 0 Å². The van der Waals surface area contributed by atoms with Crippen LogP contribution in [-0.4, -0.2) is 10.6 Å². The zero-order valence-corrected chi connectivity index (χ0v) is 12.2. The number of nitrogens with one attached hydrogen (secondary N) is 1. The summed E-state index contributed by atoms with van der Waals surface area (Å²) in [5, 5.41) is 3.62. The van der Waals surface area contributed by atoms with Gasteiger partial charge in [0, 0.05) is 24.5 Å². The predicted molar refractivity (Wildman–Crippen MR) is 79.7 cm³/mol. The monoisotopic (exact) mass is 268 g/mol. The predicted octanol–water partition coefficient (Wildman–Crippen LogP) is 3.39. The molecule has 1 N–H and O–H groups in total.